The molecule has 5 rings (SSSR count). The van der Waals surface area contributed by atoms with Crippen molar-refractivity contribution in [2.75, 3.05) is 11.5 Å². The van der Waals surface area contributed by atoms with Crippen molar-refractivity contribution in [2.45, 2.75) is 27.3 Å². The Labute approximate surface area is 204 Å². The number of hydrogen-bond donors (Lipinski definition) is 0. The van der Waals surface area contributed by atoms with E-state index in [0.717, 1.165) is 38.9 Å². The average Bonchev–Trinajstić information content (AvgIpc) is 3.19. The van der Waals surface area contributed by atoms with Crippen LogP contribution in [0.25, 0.3) is 21.3 Å². The van der Waals surface area contributed by atoms with E-state index in [1.807, 2.05) is 32.0 Å². The van der Waals surface area contributed by atoms with Gasteiger partial charge in [-0.15, -0.1) is 11.3 Å². The molecule has 0 aliphatic rings. The summed E-state index contributed by atoms with van der Waals surface area (Å²) in [4.78, 5) is 14.4. The molecule has 0 saturated carbocycles. The number of para-hydroxylation sites is 1. The monoisotopic (exact) mass is 465 g/mol. The average molecular weight is 466 g/mol. The van der Waals surface area contributed by atoms with Gasteiger partial charge in [0.05, 0.1) is 12.0 Å². The van der Waals surface area contributed by atoms with Gasteiger partial charge < -0.3 is 9.64 Å². The Kier molecular flexibility index (Phi) is 6.28. The summed E-state index contributed by atoms with van der Waals surface area (Å²) in [6, 6.07) is 29.4. The zero-order chi connectivity index (χ0) is 23.5. The molecule has 3 aromatic carbocycles. The maximum absolute atomic E-state index is 5.67. The highest BCUT2D eigenvalue weighted by molar-refractivity contribution is 7.19. The summed E-state index contributed by atoms with van der Waals surface area (Å²) in [5, 5.41) is 1.09. The van der Waals surface area contributed by atoms with E-state index in [-0.39, 0.29) is 0 Å². The van der Waals surface area contributed by atoms with Gasteiger partial charge in [0.1, 0.15) is 22.2 Å². The number of anilines is 2. The molecule has 0 aliphatic carbocycles. The van der Waals surface area contributed by atoms with E-state index in [1.54, 1.807) is 11.3 Å². The molecule has 0 saturated heterocycles. The molecule has 0 N–H and O–H groups in total. The second-order valence-electron chi connectivity index (χ2n) is 8.17. The van der Waals surface area contributed by atoms with Gasteiger partial charge in [0.15, 0.2) is 0 Å². The lowest BCUT2D eigenvalue weighted by atomic mass is 10.0. The Bertz CT molecular complexity index is 1400. The molecule has 2 heterocycles. The molecule has 0 atom stereocenters. The van der Waals surface area contributed by atoms with Gasteiger partial charge in [0.25, 0.3) is 0 Å². The first kappa shape index (κ1) is 22.1. The molecule has 0 fully saturated rings. The first-order valence-corrected chi connectivity index (χ1v) is 12.3. The normalized spacial score (nSPS) is 11.0. The van der Waals surface area contributed by atoms with E-state index >= 15 is 0 Å². The van der Waals surface area contributed by atoms with E-state index in [0.29, 0.717) is 13.2 Å². The predicted octanol–water partition coefficient (Wildman–Crippen LogP) is 7.71. The third-order valence-corrected chi connectivity index (χ3v) is 6.78. The molecule has 5 heteroatoms. The van der Waals surface area contributed by atoms with Gasteiger partial charge in [-0.05, 0) is 56.2 Å². The number of aromatic nitrogens is 2. The van der Waals surface area contributed by atoms with E-state index in [2.05, 4.69) is 78.6 Å². The molecular weight excluding hydrogens is 438 g/mol. The van der Waals surface area contributed by atoms with E-state index < -0.39 is 0 Å². The summed E-state index contributed by atoms with van der Waals surface area (Å²) in [7, 11) is 0. The van der Waals surface area contributed by atoms with Gasteiger partial charge in [0.2, 0.25) is 0 Å². The van der Waals surface area contributed by atoms with E-state index in [1.165, 1.54) is 16.0 Å². The van der Waals surface area contributed by atoms with Crippen molar-refractivity contribution in [1.29, 1.82) is 0 Å². The molecule has 2 aromatic heterocycles. The zero-order valence-corrected chi connectivity index (χ0v) is 20.5. The number of ether oxygens (including phenoxy) is 1. The van der Waals surface area contributed by atoms with E-state index in [4.69, 9.17) is 14.7 Å². The third kappa shape index (κ3) is 4.39. The molecule has 170 valence electrons. The molecule has 5 aromatic rings. The number of thiophene rings is 1. The highest BCUT2D eigenvalue weighted by Gasteiger charge is 2.22. The van der Waals surface area contributed by atoms with Gasteiger partial charge in [-0.2, -0.15) is 0 Å². The number of hydrogen-bond acceptors (Lipinski definition) is 5. The van der Waals surface area contributed by atoms with Crippen LogP contribution in [0.5, 0.6) is 5.75 Å². The largest absolute Gasteiger partial charge is 0.494 e. The molecule has 4 nitrogen and oxygen atoms in total. The van der Waals surface area contributed by atoms with Crippen LogP contribution in [0.3, 0.4) is 0 Å². The highest BCUT2D eigenvalue weighted by atomic mass is 32.1. The van der Waals surface area contributed by atoms with Crippen LogP contribution in [-0.4, -0.2) is 16.6 Å². The maximum Gasteiger partial charge on any atom is 0.146 e. The summed E-state index contributed by atoms with van der Waals surface area (Å²) in [6.45, 7) is 7.51. The fourth-order valence-corrected chi connectivity index (χ4v) is 5.37. The number of benzene rings is 3. The molecule has 0 aliphatic heterocycles. The second-order valence-corrected chi connectivity index (χ2v) is 9.38. The van der Waals surface area contributed by atoms with Crippen molar-refractivity contribution in [3.63, 3.8) is 0 Å². The first-order chi connectivity index (χ1) is 16.6. The van der Waals surface area contributed by atoms with Crippen molar-refractivity contribution in [1.82, 2.24) is 9.97 Å². The molecule has 34 heavy (non-hydrogen) atoms. The van der Waals surface area contributed by atoms with Crippen LogP contribution in [-0.2, 0) is 6.54 Å². The number of nitrogens with zero attached hydrogens (tertiary/aromatic N) is 3. The van der Waals surface area contributed by atoms with Crippen LogP contribution in [0.2, 0.25) is 0 Å². The van der Waals surface area contributed by atoms with Gasteiger partial charge in [-0.1, -0.05) is 60.7 Å². The van der Waals surface area contributed by atoms with Crippen molar-refractivity contribution in [3.05, 3.63) is 101 Å². The second kappa shape index (κ2) is 9.65. The standard InChI is InChI=1S/C29H27N3OS/c1-4-33-25-17-15-23(16-18-25)26-20(2)34-29-27(26)28(30-21(3)31-29)32(24-13-9-6-10-14-24)19-22-11-7-5-8-12-22/h5-18H,4,19H2,1-3H3. The minimum absolute atomic E-state index is 0.655. The van der Waals surface area contributed by atoms with Gasteiger partial charge >= 0.3 is 0 Å². The van der Waals surface area contributed by atoms with Crippen LogP contribution in [0.15, 0.2) is 84.9 Å². The molecule has 0 bridgehead atoms. The summed E-state index contributed by atoms with van der Waals surface area (Å²) >= 11 is 1.73. The smallest absolute Gasteiger partial charge is 0.146 e. The third-order valence-electron chi connectivity index (χ3n) is 5.78. The minimum atomic E-state index is 0.655. The summed E-state index contributed by atoms with van der Waals surface area (Å²) in [5.74, 6) is 2.59. The first-order valence-electron chi connectivity index (χ1n) is 11.5. The fraction of sp³-hybridized carbons (Fsp3) is 0.172. The Morgan fingerprint density at radius 3 is 2.18 bits per heavy atom. The van der Waals surface area contributed by atoms with Crippen LogP contribution in [0.4, 0.5) is 11.5 Å². The lowest BCUT2D eigenvalue weighted by molar-refractivity contribution is 0.340. The van der Waals surface area contributed by atoms with Crippen LogP contribution in [0, 0.1) is 13.8 Å². The van der Waals surface area contributed by atoms with Crippen molar-refractivity contribution in [2.24, 2.45) is 0 Å². The zero-order valence-electron chi connectivity index (χ0n) is 19.7. The van der Waals surface area contributed by atoms with Gasteiger partial charge in [0, 0.05) is 22.7 Å². The predicted molar refractivity (Wildman–Crippen MR) is 142 cm³/mol. The van der Waals surface area contributed by atoms with Gasteiger partial charge in [-0.3, -0.25) is 0 Å². The van der Waals surface area contributed by atoms with Crippen LogP contribution in [0.1, 0.15) is 23.2 Å². The van der Waals surface area contributed by atoms with Crippen LogP contribution >= 0.6 is 11.3 Å². The van der Waals surface area contributed by atoms with Gasteiger partial charge in [-0.25, -0.2) is 9.97 Å². The lowest BCUT2D eigenvalue weighted by Gasteiger charge is -2.25. The molecule has 0 amide bonds. The highest BCUT2D eigenvalue weighted by Crippen LogP contribution is 2.44. The summed E-state index contributed by atoms with van der Waals surface area (Å²) in [5.41, 5.74) is 4.67. The SMILES string of the molecule is CCOc1ccc(-c2c(C)sc3nc(C)nc(N(Cc4ccccc4)c4ccccc4)c23)cc1. The van der Waals surface area contributed by atoms with Crippen molar-refractivity contribution in [3.8, 4) is 16.9 Å². The summed E-state index contributed by atoms with van der Waals surface area (Å²) < 4.78 is 5.67. The number of fused-ring (bicyclic) bond motifs is 1. The Hall–Kier alpha value is -3.70. The minimum Gasteiger partial charge on any atom is -0.494 e. The molecule has 0 spiro atoms. The van der Waals surface area contributed by atoms with Crippen molar-refractivity contribution < 1.29 is 4.74 Å². The molecular formula is C29H27N3OS. The number of rotatable bonds is 7. The molecule has 0 unspecified atom stereocenters. The lowest BCUT2D eigenvalue weighted by Crippen LogP contribution is -2.18. The Balaban J connectivity index is 1.72. The fourth-order valence-electron chi connectivity index (χ4n) is 4.29. The topological polar surface area (TPSA) is 38.3 Å². The summed E-state index contributed by atoms with van der Waals surface area (Å²) in [6.07, 6.45) is 0. The van der Waals surface area contributed by atoms with E-state index in [9.17, 15) is 0 Å². The van der Waals surface area contributed by atoms with Crippen molar-refractivity contribution >= 4 is 33.1 Å². The van der Waals surface area contributed by atoms with Crippen LogP contribution < -0.4 is 9.64 Å². The molecule has 0 radical (unpaired) electrons. The quantitative estimate of drug-likeness (QED) is 0.247. The number of aryl methyl sites for hydroxylation is 2. The maximum atomic E-state index is 5.67. The Morgan fingerprint density at radius 2 is 1.50 bits per heavy atom. The Morgan fingerprint density at radius 1 is 0.824 bits per heavy atom.